The Hall–Kier alpha value is -2.13. The SMILES string of the molecule is Cc1ccc(C(=O)c2oc3ccc(Cl)cc3c2C)cc1F. The first-order valence-corrected chi connectivity index (χ1v) is 6.84. The normalized spacial score (nSPS) is 11.0. The Morgan fingerprint density at radius 2 is 1.90 bits per heavy atom. The Bertz CT molecular complexity index is 865. The van der Waals surface area contributed by atoms with Gasteiger partial charge in [-0.05, 0) is 43.7 Å². The first-order chi connectivity index (χ1) is 9.97. The minimum absolute atomic E-state index is 0.218. The molecule has 1 heterocycles. The van der Waals surface area contributed by atoms with E-state index in [-0.39, 0.29) is 17.1 Å². The van der Waals surface area contributed by atoms with Gasteiger partial charge in [0.15, 0.2) is 5.76 Å². The average Bonchev–Trinajstić information content (AvgIpc) is 2.78. The molecule has 3 rings (SSSR count). The lowest BCUT2D eigenvalue weighted by Gasteiger charge is -2.01. The second-order valence-corrected chi connectivity index (χ2v) is 5.43. The minimum atomic E-state index is -0.405. The zero-order valence-electron chi connectivity index (χ0n) is 11.5. The molecule has 3 aromatic rings. The van der Waals surface area contributed by atoms with Gasteiger partial charge in [0, 0.05) is 21.5 Å². The van der Waals surface area contributed by atoms with Crippen LogP contribution in [0.25, 0.3) is 11.0 Å². The van der Waals surface area contributed by atoms with E-state index in [2.05, 4.69) is 0 Å². The van der Waals surface area contributed by atoms with E-state index in [4.69, 9.17) is 16.0 Å². The molecule has 2 aromatic carbocycles. The molecule has 0 saturated carbocycles. The van der Waals surface area contributed by atoms with Crippen molar-refractivity contribution in [3.05, 3.63) is 69.7 Å². The maximum absolute atomic E-state index is 13.6. The highest BCUT2D eigenvalue weighted by molar-refractivity contribution is 6.31. The second kappa shape index (κ2) is 5.01. The molecular weight excluding hydrogens is 291 g/mol. The number of rotatable bonds is 2. The highest BCUT2D eigenvalue weighted by Gasteiger charge is 2.20. The highest BCUT2D eigenvalue weighted by Crippen LogP contribution is 2.29. The number of hydrogen-bond donors (Lipinski definition) is 0. The average molecular weight is 303 g/mol. The fourth-order valence-corrected chi connectivity index (χ4v) is 2.45. The number of fused-ring (bicyclic) bond motifs is 1. The summed E-state index contributed by atoms with van der Waals surface area (Å²) in [5.74, 6) is -0.521. The van der Waals surface area contributed by atoms with Crippen LogP contribution in [-0.2, 0) is 0 Å². The summed E-state index contributed by atoms with van der Waals surface area (Å²) in [6.07, 6.45) is 0. The summed E-state index contributed by atoms with van der Waals surface area (Å²) in [5.41, 5.74) is 2.07. The van der Waals surface area contributed by atoms with Crippen LogP contribution in [0, 0.1) is 19.7 Å². The molecule has 4 heteroatoms. The van der Waals surface area contributed by atoms with Gasteiger partial charge in [-0.1, -0.05) is 23.7 Å². The molecule has 0 N–H and O–H groups in total. The molecule has 1 aromatic heterocycles. The van der Waals surface area contributed by atoms with Gasteiger partial charge in [0.05, 0.1) is 0 Å². The first kappa shape index (κ1) is 13.8. The van der Waals surface area contributed by atoms with E-state index in [0.717, 1.165) is 5.39 Å². The maximum atomic E-state index is 13.6. The van der Waals surface area contributed by atoms with Crippen molar-refractivity contribution >= 4 is 28.4 Å². The van der Waals surface area contributed by atoms with Gasteiger partial charge in [-0.3, -0.25) is 4.79 Å². The number of aryl methyl sites for hydroxylation is 2. The van der Waals surface area contributed by atoms with Crippen LogP contribution in [-0.4, -0.2) is 5.78 Å². The lowest BCUT2D eigenvalue weighted by Crippen LogP contribution is -2.02. The van der Waals surface area contributed by atoms with E-state index in [9.17, 15) is 9.18 Å². The van der Waals surface area contributed by atoms with Gasteiger partial charge in [-0.25, -0.2) is 4.39 Å². The summed E-state index contributed by atoms with van der Waals surface area (Å²) in [6, 6.07) is 9.58. The molecule has 0 radical (unpaired) electrons. The quantitative estimate of drug-likeness (QED) is 0.618. The Balaban J connectivity index is 2.13. The van der Waals surface area contributed by atoms with Gasteiger partial charge in [0.25, 0.3) is 0 Å². The van der Waals surface area contributed by atoms with E-state index in [0.29, 0.717) is 21.7 Å². The predicted molar refractivity (Wildman–Crippen MR) is 80.5 cm³/mol. The molecule has 21 heavy (non-hydrogen) atoms. The largest absolute Gasteiger partial charge is 0.452 e. The molecule has 0 amide bonds. The van der Waals surface area contributed by atoms with Crippen LogP contribution in [0.15, 0.2) is 40.8 Å². The number of benzene rings is 2. The number of halogens is 2. The third-order valence-electron chi connectivity index (χ3n) is 3.54. The van der Waals surface area contributed by atoms with Gasteiger partial charge < -0.3 is 4.42 Å². The predicted octanol–water partition coefficient (Wildman–Crippen LogP) is 5.07. The van der Waals surface area contributed by atoms with E-state index in [1.807, 2.05) is 0 Å². The van der Waals surface area contributed by atoms with Crippen LogP contribution in [0.5, 0.6) is 0 Å². The van der Waals surface area contributed by atoms with Crippen molar-refractivity contribution < 1.29 is 13.6 Å². The Morgan fingerprint density at radius 3 is 2.62 bits per heavy atom. The molecule has 0 atom stereocenters. The smallest absolute Gasteiger partial charge is 0.228 e. The van der Waals surface area contributed by atoms with Crippen LogP contribution in [0.2, 0.25) is 5.02 Å². The number of ketones is 1. The van der Waals surface area contributed by atoms with E-state index in [1.165, 1.54) is 6.07 Å². The van der Waals surface area contributed by atoms with Crippen molar-refractivity contribution in [2.45, 2.75) is 13.8 Å². The monoisotopic (exact) mass is 302 g/mol. The first-order valence-electron chi connectivity index (χ1n) is 6.47. The van der Waals surface area contributed by atoms with Crippen molar-refractivity contribution in [3.8, 4) is 0 Å². The van der Waals surface area contributed by atoms with Crippen molar-refractivity contribution in [1.82, 2.24) is 0 Å². The summed E-state index contributed by atoms with van der Waals surface area (Å²) in [6.45, 7) is 3.44. The Kier molecular flexibility index (Phi) is 3.30. The summed E-state index contributed by atoms with van der Waals surface area (Å²) in [4.78, 5) is 12.5. The second-order valence-electron chi connectivity index (χ2n) is 4.99. The molecule has 0 aliphatic rings. The number of furan rings is 1. The lowest BCUT2D eigenvalue weighted by atomic mass is 10.0. The van der Waals surface area contributed by atoms with Crippen LogP contribution < -0.4 is 0 Å². The molecule has 0 aliphatic carbocycles. The highest BCUT2D eigenvalue weighted by atomic mass is 35.5. The van der Waals surface area contributed by atoms with Gasteiger partial charge in [0.1, 0.15) is 11.4 Å². The molecular formula is C17H12ClFO2. The maximum Gasteiger partial charge on any atom is 0.228 e. The van der Waals surface area contributed by atoms with Gasteiger partial charge in [-0.2, -0.15) is 0 Å². The summed E-state index contributed by atoms with van der Waals surface area (Å²) < 4.78 is 19.2. The fraction of sp³-hybridized carbons (Fsp3) is 0.118. The lowest BCUT2D eigenvalue weighted by molar-refractivity contribution is 0.101. The molecule has 0 unspecified atom stereocenters. The Labute approximate surface area is 126 Å². The van der Waals surface area contributed by atoms with Gasteiger partial charge >= 0.3 is 0 Å². The molecule has 0 spiro atoms. The molecule has 2 nitrogen and oxygen atoms in total. The summed E-state index contributed by atoms with van der Waals surface area (Å²) in [5, 5.41) is 1.37. The molecule has 0 aliphatic heterocycles. The van der Waals surface area contributed by atoms with Crippen molar-refractivity contribution in [1.29, 1.82) is 0 Å². The number of hydrogen-bond acceptors (Lipinski definition) is 2. The van der Waals surface area contributed by atoms with E-state index >= 15 is 0 Å². The zero-order valence-corrected chi connectivity index (χ0v) is 12.3. The van der Waals surface area contributed by atoms with Crippen LogP contribution >= 0.6 is 11.6 Å². The van der Waals surface area contributed by atoms with E-state index in [1.54, 1.807) is 44.2 Å². The zero-order chi connectivity index (χ0) is 15.1. The standard InChI is InChI=1S/C17H12ClFO2/c1-9-3-4-11(7-14(9)19)16(20)17-10(2)13-8-12(18)5-6-15(13)21-17/h3-8H,1-2H3. The number of carbonyl (C=O) groups excluding carboxylic acids is 1. The fourth-order valence-electron chi connectivity index (χ4n) is 2.27. The molecule has 0 bridgehead atoms. The minimum Gasteiger partial charge on any atom is -0.452 e. The topological polar surface area (TPSA) is 30.2 Å². The molecule has 0 saturated heterocycles. The van der Waals surface area contributed by atoms with Crippen molar-refractivity contribution in [2.24, 2.45) is 0 Å². The summed E-state index contributed by atoms with van der Waals surface area (Å²) in [7, 11) is 0. The number of carbonyl (C=O) groups is 1. The van der Waals surface area contributed by atoms with Crippen LogP contribution in [0.4, 0.5) is 4.39 Å². The van der Waals surface area contributed by atoms with E-state index < -0.39 is 5.82 Å². The van der Waals surface area contributed by atoms with Crippen molar-refractivity contribution in [2.75, 3.05) is 0 Å². The van der Waals surface area contributed by atoms with Gasteiger partial charge in [0.2, 0.25) is 5.78 Å². The van der Waals surface area contributed by atoms with Gasteiger partial charge in [-0.15, -0.1) is 0 Å². The third-order valence-corrected chi connectivity index (χ3v) is 3.77. The molecule has 0 fully saturated rings. The Morgan fingerprint density at radius 1 is 1.14 bits per heavy atom. The van der Waals surface area contributed by atoms with Crippen molar-refractivity contribution in [3.63, 3.8) is 0 Å². The van der Waals surface area contributed by atoms with Crippen LogP contribution in [0.1, 0.15) is 27.2 Å². The third kappa shape index (κ3) is 2.34. The molecule has 106 valence electrons. The summed E-state index contributed by atoms with van der Waals surface area (Å²) >= 11 is 5.96. The van der Waals surface area contributed by atoms with Crippen LogP contribution in [0.3, 0.4) is 0 Å².